The highest BCUT2D eigenvalue weighted by Crippen LogP contribution is 2.35. The van der Waals surface area contributed by atoms with Crippen molar-refractivity contribution in [1.82, 2.24) is 0 Å². The van der Waals surface area contributed by atoms with Crippen LogP contribution in [-0.2, 0) is 4.79 Å². The van der Waals surface area contributed by atoms with Crippen molar-refractivity contribution in [1.29, 1.82) is 0 Å². The fraction of sp³-hybridized carbons (Fsp3) is 0.316. The Morgan fingerprint density at radius 3 is 2.41 bits per heavy atom. The van der Waals surface area contributed by atoms with E-state index in [1.54, 1.807) is 0 Å². The van der Waals surface area contributed by atoms with Gasteiger partial charge in [-0.05, 0) is 42.7 Å². The summed E-state index contributed by atoms with van der Waals surface area (Å²) in [5.74, 6) is 0.424. The molecule has 0 amide bonds. The zero-order chi connectivity index (χ0) is 15.4. The largest absolute Gasteiger partial charge is 0.378 e. The zero-order valence-corrected chi connectivity index (χ0v) is 13.2. The van der Waals surface area contributed by atoms with Crippen LogP contribution in [0.4, 0.5) is 5.69 Å². The second-order valence-electron chi connectivity index (χ2n) is 5.86. The molecule has 0 spiro atoms. The van der Waals surface area contributed by atoms with Crippen LogP contribution in [0.1, 0.15) is 37.3 Å². The molecule has 0 aromatic heterocycles. The number of rotatable bonds is 4. The van der Waals surface area contributed by atoms with Gasteiger partial charge in [0, 0.05) is 23.0 Å². The highest BCUT2D eigenvalue weighted by atomic mass is 35.5. The Kier molecular flexibility index (Phi) is 4.79. The predicted octanol–water partition coefficient (Wildman–Crippen LogP) is 5.25. The Hall–Kier alpha value is -1.80. The van der Waals surface area contributed by atoms with E-state index in [2.05, 4.69) is 17.4 Å². The number of nitrogens with one attached hydrogen (secondary N) is 1. The number of carbonyl (C=O) groups is 1. The summed E-state index contributed by atoms with van der Waals surface area (Å²) >= 11 is 5.96. The summed E-state index contributed by atoms with van der Waals surface area (Å²) in [6.07, 6.45) is 3.81. The summed E-state index contributed by atoms with van der Waals surface area (Å²) in [4.78, 5) is 12.4. The average Bonchev–Trinajstić information content (AvgIpc) is 2.56. The van der Waals surface area contributed by atoms with Gasteiger partial charge in [0.2, 0.25) is 0 Å². The van der Waals surface area contributed by atoms with Gasteiger partial charge in [-0.1, -0.05) is 48.4 Å². The van der Waals surface area contributed by atoms with E-state index in [9.17, 15) is 4.79 Å². The lowest BCUT2D eigenvalue weighted by Gasteiger charge is -2.31. The first-order valence-electron chi connectivity index (χ1n) is 7.84. The summed E-state index contributed by atoms with van der Waals surface area (Å²) < 4.78 is 0. The zero-order valence-electron chi connectivity index (χ0n) is 12.5. The van der Waals surface area contributed by atoms with E-state index in [-0.39, 0.29) is 12.0 Å². The maximum Gasteiger partial charge on any atom is 0.138 e. The smallest absolute Gasteiger partial charge is 0.138 e. The van der Waals surface area contributed by atoms with E-state index in [1.165, 1.54) is 0 Å². The summed E-state index contributed by atoms with van der Waals surface area (Å²) in [6, 6.07) is 17.9. The van der Waals surface area contributed by atoms with Crippen molar-refractivity contribution >= 4 is 23.1 Å². The number of carbonyl (C=O) groups excluding carboxylic acids is 1. The van der Waals surface area contributed by atoms with Gasteiger partial charge >= 0.3 is 0 Å². The molecule has 2 nitrogen and oxygen atoms in total. The van der Waals surface area contributed by atoms with Gasteiger partial charge in [0.1, 0.15) is 5.78 Å². The normalized spacial score (nSPS) is 19.7. The molecule has 2 aromatic rings. The van der Waals surface area contributed by atoms with E-state index in [1.807, 2.05) is 42.5 Å². The highest BCUT2D eigenvalue weighted by molar-refractivity contribution is 6.30. The third kappa shape index (κ3) is 3.50. The summed E-state index contributed by atoms with van der Waals surface area (Å²) in [7, 11) is 0. The van der Waals surface area contributed by atoms with Crippen molar-refractivity contribution in [3.8, 4) is 0 Å². The quantitative estimate of drug-likeness (QED) is 0.835. The SMILES string of the molecule is O=C1CCCC[C@H]1[C@@H](Nc1ccc(Cl)cc1)c1ccccc1. The van der Waals surface area contributed by atoms with Crippen LogP contribution in [0.25, 0.3) is 0 Å². The molecular weight excluding hydrogens is 294 g/mol. The molecule has 0 saturated heterocycles. The van der Waals surface area contributed by atoms with Crippen LogP contribution in [0, 0.1) is 5.92 Å². The number of Topliss-reactive ketones (excluding diaryl/α,β-unsaturated/α-hetero) is 1. The topological polar surface area (TPSA) is 29.1 Å². The first-order valence-corrected chi connectivity index (χ1v) is 8.21. The van der Waals surface area contributed by atoms with Gasteiger partial charge in [-0.2, -0.15) is 0 Å². The van der Waals surface area contributed by atoms with Gasteiger partial charge in [0.05, 0.1) is 6.04 Å². The lowest BCUT2D eigenvalue weighted by molar-refractivity contribution is -0.125. The van der Waals surface area contributed by atoms with Crippen molar-refractivity contribution in [2.24, 2.45) is 5.92 Å². The molecule has 22 heavy (non-hydrogen) atoms. The molecule has 2 atom stereocenters. The van der Waals surface area contributed by atoms with E-state index in [0.29, 0.717) is 12.2 Å². The van der Waals surface area contributed by atoms with Crippen LogP contribution in [0.15, 0.2) is 54.6 Å². The molecule has 1 fully saturated rings. The lowest BCUT2D eigenvalue weighted by Crippen LogP contribution is -2.30. The maximum absolute atomic E-state index is 12.4. The molecule has 1 aliphatic rings. The molecule has 0 heterocycles. The van der Waals surface area contributed by atoms with Crippen LogP contribution in [0.2, 0.25) is 5.02 Å². The number of anilines is 1. The van der Waals surface area contributed by atoms with Gasteiger partial charge < -0.3 is 5.32 Å². The number of benzene rings is 2. The van der Waals surface area contributed by atoms with Crippen LogP contribution in [-0.4, -0.2) is 5.78 Å². The fourth-order valence-corrected chi connectivity index (χ4v) is 3.29. The molecule has 0 bridgehead atoms. The Labute approximate surface area is 136 Å². The Balaban J connectivity index is 1.88. The molecule has 1 aliphatic carbocycles. The number of hydrogen-bond acceptors (Lipinski definition) is 2. The van der Waals surface area contributed by atoms with Gasteiger partial charge in [0.25, 0.3) is 0 Å². The first kappa shape index (κ1) is 15.1. The molecule has 114 valence electrons. The van der Waals surface area contributed by atoms with E-state index in [4.69, 9.17) is 11.6 Å². The predicted molar refractivity (Wildman–Crippen MR) is 91.2 cm³/mol. The van der Waals surface area contributed by atoms with Crippen molar-refractivity contribution in [3.63, 3.8) is 0 Å². The van der Waals surface area contributed by atoms with Crippen LogP contribution in [0.5, 0.6) is 0 Å². The maximum atomic E-state index is 12.4. The summed E-state index contributed by atoms with van der Waals surface area (Å²) in [5, 5.41) is 4.26. The summed E-state index contributed by atoms with van der Waals surface area (Å²) in [6.45, 7) is 0. The standard InChI is InChI=1S/C19H20ClNO/c20-15-10-12-16(13-11-15)21-19(14-6-2-1-3-7-14)17-8-4-5-9-18(17)22/h1-3,6-7,10-13,17,19,21H,4-5,8-9H2/t17-,19+/m1/s1. The monoisotopic (exact) mass is 313 g/mol. The molecule has 1 N–H and O–H groups in total. The first-order chi connectivity index (χ1) is 10.7. The second-order valence-corrected chi connectivity index (χ2v) is 6.29. The fourth-order valence-electron chi connectivity index (χ4n) is 3.16. The van der Waals surface area contributed by atoms with Gasteiger partial charge in [-0.3, -0.25) is 4.79 Å². The second kappa shape index (κ2) is 6.97. The Morgan fingerprint density at radius 2 is 1.73 bits per heavy atom. The minimum absolute atomic E-state index is 0.0233. The van der Waals surface area contributed by atoms with Crippen LogP contribution >= 0.6 is 11.6 Å². The molecule has 0 unspecified atom stereocenters. The minimum Gasteiger partial charge on any atom is -0.378 e. The molecule has 3 rings (SSSR count). The molecule has 1 saturated carbocycles. The van der Waals surface area contributed by atoms with E-state index >= 15 is 0 Å². The van der Waals surface area contributed by atoms with Gasteiger partial charge in [0.15, 0.2) is 0 Å². The summed E-state index contributed by atoms with van der Waals surface area (Å²) in [5.41, 5.74) is 2.16. The van der Waals surface area contributed by atoms with Crippen LogP contribution in [0.3, 0.4) is 0 Å². The number of ketones is 1. The third-order valence-corrected chi connectivity index (χ3v) is 4.58. The van der Waals surface area contributed by atoms with Crippen molar-refractivity contribution in [2.45, 2.75) is 31.7 Å². The van der Waals surface area contributed by atoms with Gasteiger partial charge in [-0.25, -0.2) is 0 Å². The van der Waals surface area contributed by atoms with Crippen molar-refractivity contribution in [3.05, 3.63) is 65.2 Å². The van der Waals surface area contributed by atoms with Crippen molar-refractivity contribution < 1.29 is 4.79 Å². The lowest BCUT2D eigenvalue weighted by atomic mass is 9.80. The van der Waals surface area contributed by atoms with Crippen molar-refractivity contribution in [2.75, 3.05) is 5.32 Å². The van der Waals surface area contributed by atoms with Crippen LogP contribution < -0.4 is 5.32 Å². The molecule has 0 aliphatic heterocycles. The van der Waals surface area contributed by atoms with Gasteiger partial charge in [-0.15, -0.1) is 0 Å². The molecule has 0 radical (unpaired) electrons. The average molecular weight is 314 g/mol. The number of halogens is 1. The Morgan fingerprint density at radius 1 is 1.00 bits per heavy atom. The molecular formula is C19H20ClNO. The van der Waals surface area contributed by atoms with E-state index in [0.717, 1.165) is 35.5 Å². The minimum atomic E-state index is 0.0233. The third-order valence-electron chi connectivity index (χ3n) is 4.33. The van der Waals surface area contributed by atoms with E-state index < -0.39 is 0 Å². The molecule has 2 aromatic carbocycles. The highest BCUT2D eigenvalue weighted by Gasteiger charge is 2.31. The molecule has 3 heteroatoms. The Bertz CT molecular complexity index is 624. The number of hydrogen-bond donors (Lipinski definition) is 1.